The topological polar surface area (TPSA) is 82.5 Å². The Morgan fingerprint density at radius 3 is 2.83 bits per heavy atom. The van der Waals surface area contributed by atoms with Crippen LogP contribution in [0.5, 0.6) is 0 Å². The molecule has 0 aliphatic heterocycles. The Hall–Kier alpha value is -1.85. The zero-order chi connectivity index (χ0) is 13.1. The smallest absolute Gasteiger partial charge is 0.328 e. The van der Waals surface area contributed by atoms with Gasteiger partial charge in [-0.25, -0.2) is 9.78 Å². The van der Waals surface area contributed by atoms with Gasteiger partial charge in [0.2, 0.25) is 0 Å². The Morgan fingerprint density at radius 1 is 1.44 bits per heavy atom. The van der Waals surface area contributed by atoms with E-state index in [9.17, 15) is 4.79 Å². The van der Waals surface area contributed by atoms with E-state index >= 15 is 0 Å². The molecule has 0 saturated heterocycles. The highest BCUT2D eigenvalue weighted by molar-refractivity contribution is 6.30. The van der Waals surface area contributed by atoms with Crippen molar-refractivity contribution in [2.45, 2.75) is 6.04 Å². The molecule has 0 amide bonds. The first-order chi connectivity index (χ1) is 8.61. The number of aliphatic carboxylic acids is 1. The second-order valence-electron chi connectivity index (χ2n) is 3.73. The van der Waals surface area contributed by atoms with Crippen LogP contribution < -0.4 is 5.32 Å². The van der Waals surface area contributed by atoms with Crippen LogP contribution in [-0.2, 0) is 4.79 Å². The number of fused-ring (bicyclic) bond motifs is 1. The standard InChI is InChI=1S/C12H11ClN2O3/c13-10-5-7-3-1-2-4-8(7)11(15-10)14-9(6-16)12(17)18/h1-5,9,16H,6H2,(H,14,15)(H,17,18). The third-order valence-electron chi connectivity index (χ3n) is 2.50. The second-order valence-corrected chi connectivity index (χ2v) is 4.12. The van der Waals surface area contributed by atoms with Gasteiger partial charge in [0.05, 0.1) is 6.61 Å². The summed E-state index contributed by atoms with van der Waals surface area (Å²) < 4.78 is 0. The summed E-state index contributed by atoms with van der Waals surface area (Å²) >= 11 is 5.87. The number of aromatic nitrogens is 1. The van der Waals surface area contributed by atoms with Gasteiger partial charge in [-0.2, -0.15) is 0 Å². The molecular weight excluding hydrogens is 256 g/mol. The molecular formula is C12H11ClN2O3. The zero-order valence-electron chi connectivity index (χ0n) is 9.30. The summed E-state index contributed by atoms with van der Waals surface area (Å²) in [6.45, 7) is -0.530. The van der Waals surface area contributed by atoms with Crippen molar-refractivity contribution >= 4 is 34.2 Å². The molecule has 0 spiro atoms. The number of carboxylic acids is 1. The molecule has 2 aromatic rings. The molecule has 6 heteroatoms. The van der Waals surface area contributed by atoms with E-state index < -0.39 is 18.6 Å². The number of anilines is 1. The van der Waals surface area contributed by atoms with Crippen molar-refractivity contribution in [1.82, 2.24) is 4.98 Å². The lowest BCUT2D eigenvalue weighted by Crippen LogP contribution is -2.33. The third-order valence-corrected chi connectivity index (χ3v) is 2.69. The van der Waals surface area contributed by atoms with E-state index in [0.29, 0.717) is 5.82 Å². The van der Waals surface area contributed by atoms with Crippen molar-refractivity contribution in [3.05, 3.63) is 35.5 Å². The van der Waals surface area contributed by atoms with Crippen LogP contribution in [-0.4, -0.2) is 33.8 Å². The van der Waals surface area contributed by atoms with Gasteiger partial charge in [-0.05, 0) is 11.5 Å². The van der Waals surface area contributed by atoms with Crippen LogP contribution in [0.25, 0.3) is 10.8 Å². The lowest BCUT2D eigenvalue weighted by atomic mass is 10.1. The molecule has 5 nitrogen and oxygen atoms in total. The van der Waals surface area contributed by atoms with Crippen LogP contribution in [0.2, 0.25) is 5.15 Å². The van der Waals surface area contributed by atoms with Gasteiger partial charge in [0.1, 0.15) is 17.0 Å². The van der Waals surface area contributed by atoms with Crippen LogP contribution in [0, 0.1) is 0 Å². The summed E-state index contributed by atoms with van der Waals surface area (Å²) in [7, 11) is 0. The SMILES string of the molecule is O=C(O)C(CO)Nc1nc(Cl)cc2ccccc12. The summed E-state index contributed by atoms with van der Waals surface area (Å²) in [5.74, 6) is -0.803. The number of nitrogens with one attached hydrogen (secondary N) is 1. The molecule has 94 valence electrons. The van der Waals surface area contributed by atoms with Crippen LogP contribution in [0.15, 0.2) is 30.3 Å². The number of carbonyl (C=O) groups is 1. The summed E-state index contributed by atoms with van der Waals surface area (Å²) in [5.41, 5.74) is 0. The highest BCUT2D eigenvalue weighted by atomic mass is 35.5. The minimum atomic E-state index is -1.15. The highest BCUT2D eigenvalue weighted by Gasteiger charge is 2.17. The first-order valence-electron chi connectivity index (χ1n) is 5.27. The quantitative estimate of drug-likeness (QED) is 0.735. The van der Waals surface area contributed by atoms with Gasteiger partial charge in [0.15, 0.2) is 0 Å². The van der Waals surface area contributed by atoms with Crippen LogP contribution in [0.1, 0.15) is 0 Å². The minimum Gasteiger partial charge on any atom is -0.480 e. The fourth-order valence-corrected chi connectivity index (χ4v) is 1.83. The lowest BCUT2D eigenvalue weighted by molar-refractivity contribution is -0.138. The van der Waals surface area contributed by atoms with Crippen LogP contribution >= 0.6 is 11.6 Å². The van der Waals surface area contributed by atoms with Crippen LogP contribution in [0.3, 0.4) is 0 Å². The molecule has 0 fully saturated rings. The first-order valence-corrected chi connectivity index (χ1v) is 5.65. The predicted octanol–water partition coefficient (Wildman–Crippen LogP) is 1.75. The van der Waals surface area contributed by atoms with Gasteiger partial charge >= 0.3 is 5.97 Å². The van der Waals surface area contributed by atoms with Crippen molar-refractivity contribution in [3.8, 4) is 0 Å². The summed E-state index contributed by atoms with van der Waals surface area (Å²) in [4.78, 5) is 14.9. The van der Waals surface area contributed by atoms with E-state index in [1.54, 1.807) is 12.1 Å². The Bertz CT molecular complexity index is 589. The van der Waals surface area contributed by atoms with Gasteiger partial charge in [0.25, 0.3) is 0 Å². The van der Waals surface area contributed by atoms with E-state index in [0.717, 1.165) is 10.8 Å². The van der Waals surface area contributed by atoms with Crippen molar-refractivity contribution in [2.75, 3.05) is 11.9 Å². The summed E-state index contributed by atoms with van der Waals surface area (Å²) in [6.07, 6.45) is 0. The van der Waals surface area contributed by atoms with Crippen molar-refractivity contribution in [2.24, 2.45) is 0 Å². The van der Waals surface area contributed by atoms with E-state index in [-0.39, 0.29) is 5.15 Å². The molecule has 1 heterocycles. The van der Waals surface area contributed by atoms with Crippen molar-refractivity contribution < 1.29 is 15.0 Å². The number of hydrogen-bond acceptors (Lipinski definition) is 4. The molecule has 0 aliphatic carbocycles. The van der Waals surface area contributed by atoms with Gasteiger partial charge in [-0.15, -0.1) is 0 Å². The van der Waals surface area contributed by atoms with Crippen molar-refractivity contribution in [3.63, 3.8) is 0 Å². The molecule has 3 N–H and O–H groups in total. The molecule has 0 saturated carbocycles. The molecule has 0 radical (unpaired) electrons. The molecule has 0 bridgehead atoms. The van der Waals surface area contributed by atoms with Crippen molar-refractivity contribution in [1.29, 1.82) is 0 Å². The molecule has 1 aromatic carbocycles. The Balaban J connectivity index is 2.46. The Morgan fingerprint density at radius 2 is 2.17 bits per heavy atom. The third kappa shape index (κ3) is 2.52. The van der Waals surface area contributed by atoms with E-state index in [1.165, 1.54) is 0 Å². The summed E-state index contributed by atoms with van der Waals surface area (Å²) in [6, 6.07) is 7.90. The molecule has 1 aromatic heterocycles. The number of hydrogen-bond donors (Lipinski definition) is 3. The maximum Gasteiger partial charge on any atom is 0.328 e. The second kappa shape index (κ2) is 5.20. The minimum absolute atomic E-state index is 0.262. The number of rotatable bonds is 4. The fraction of sp³-hybridized carbons (Fsp3) is 0.167. The molecule has 1 unspecified atom stereocenters. The van der Waals surface area contributed by atoms with Gasteiger partial charge < -0.3 is 15.5 Å². The number of aliphatic hydroxyl groups excluding tert-OH is 1. The number of carboxylic acid groups (broad SMARTS) is 1. The average Bonchev–Trinajstić information content (AvgIpc) is 2.35. The van der Waals surface area contributed by atoms with Gasteiger partial charge in [-0.3, -0.25) is 0 Å². The number of aliphatic hydroxyl groups is 1. The highest BCUT2D eigenvalue weighted by Crippen LogP contribution is 2.25. The van der Waals surface area contributed by atoms with E-state index in [1.807, 2.05) is 18.2 Å². The predicted molar refractivity (Wildman–Crippen MR) is 68.9 cm³/mol. The first kappa shape index (κ1) is 12.6. The van der Waals surface area contributed by atoms with Crippen LogP contribution in [0.4, 0.5) is 5.82 Å². The number of pyridine rings is 1. The average molecular weight is 267 g/mol. The Labute approximate surface area is 108 Å². The van der Waals surface area contributed by atoms with E-state index in [4.69, 9.17) is 21.8 Å². The van der Waals surface area contributed by atoms with Gasteiger partial charge in [0, 0.05) is 5.39 Å². The summed E-state index contributed by atoms with van der Waals surface area (Å²) in [5, 5.41) is 22.4. The molecule has 1 atom stereocenters. The molecule has 2 rings (SSSR count). The number of halogens is 1. The lowest BCUT2D eigenvalue weighted by Gasteiger charge is -2.14. The van der Waals surface area contributed by atoms with Gasteiger partial charge in [-0.1, -0.05) is 35.9 Å². The number of nitrogens with zero attached hydrogens (tertiary/aromatic N) is 1. The monoisotopic (exact) mass is 266 g/mol. The zero-order valence-corrected chi connectivity index (χ0v) is 10.1. The Kier molecular flexibility index (Phi) is 3.64. The van der Waals surface area contributed by atoms with E-state index in [2.05, 4.69) is 10.3 Å². The molecule has 0 aliphatic rings. The fourth-order valence-electron chi connectivity index (χ4n) is 1.63. The normalized spacial score (nSPS) is 12.3. The maximum atomic E-state index is 10.9. The number of benzene rings is 1. The maximum absolute atomic E-state index is 10.9. The molecule has 18 heavy (non-hydrogen) atoms. The largest absolute Gasteiger partial charge is 0.480 e.